The fourth-order valence-electron chi connectivity index (χ4n) is 1.48. The topological polar surface area (TPSA) is 25.2 Å². The van der Waals surface area contributed by atoms with Crippen molar-refractivity contribution in [3.05, 3.63) is 35.5 Å². The molecular weight excluding hydrogens is 212 g/mol. The minimum absolute atomic E-state index is 0.0766. The lowest BCUT2D eigenvalue weighted by Gasteiger charge is -2.11. The van der Waals surface area contributed by atoms with Crippen LogP contribution in [0.3, 0.4) is 0 Å². The first-order chi connectivity index (χ1) is 7.09. The van der Waals surface area contributed by atoms with Crippen LogP contribution < -0.4 is 0 Å². The van der Waals surface area contributed by atoms with E-state index in [9.17, 15) is 4.79 Å². The summed E-state index contributed by atoms with van der Waals surface area (Å²) in [6.45, 7) is 0. The predicted molar refractivity (Wildman–Crippen MR) is 61.4 cm³/mol. The molecule has 1 amide bonds. The molecule has 0 radical (unpaired) electrons. The van der Waals surface area contributed by atoms with Gasteiger partial charge in [0.15, 0.2) is 0 Å². The Bertz CT molecular complexity index is 516. The zero-order chi connectivity index (χ0) is 11.0. The Morgan fingerprint density at radius 1 is 1.33 bits per heavy atom. The van der Waals surface area contributed by atoms with Gasteiger partial charge in [0, 0.05) is 30.7 Å². The number of amides is 1. The average molecular weight is 223 g/mol. The lowest BCUT2D eigenvalue weighted by molar-refractivity contribution is 0.220. The summed E-state index contributed by atoms with van der Waals surface area (Å²) in [5.41, 5.74) is 0.834. The van der Waals surface area contributed by atoms with Gasteiger partial charge in [-0.15, -0.1) is 0 Å². The maximum Gasteiger partial charge on any atom is 0.328 e. The van der Waals surface area contributed by atoms with Gasteiger partial charge in [0.05, 0.1) is 5.52 Å². The Morgan fingerprint density at radius 3 is 2.73 bits per heavy atom. The van der Waals surface area contributed by atoms with Gasteiger partial charge in [0.1, 0.15) is 0 Å². The lowest BCUT2D eigenvalue weighted by Crippen LogP contribution is -2.26. The number of rotatable bonds is 0. The third-order valence-corrected chi connectivity index (χ3v) is 2.48. The molecule has 3 nitrogen and oxygen atoms in total. The molecule has 0 unspecified atom stereocenters. The molecule has 0 saturated carbocycles. The molecule has 0 aliphatic heterocycles. The van der Waals surface area contributed by atoms with E-state index in [-0.39, 0.29) is 6.03 Å². The molecule has 1 aromatic carbocycles. The second-order valence-corrected chi connectivity index (χ2v) is 4.00. The monoisotopic (exact) mass is 222 g/mol. The number of fused-ring (bicyclic) bond motifs is 1. The summed E-state index contributed by atoms with van der Waals surface area (Å²) >= 11 is 5.89. The summed E-state index contributed by atoms with van der Waals surface area (Å²) < 4.78 is 1.58. The maximum absolute atomic E-state index is 11.8. The molecule has 78 valence electrons. The van der Waals surface area contributed by atoms with E-state index in [1.165, 1.54) is 4.90 Å². The van der Waals surface area contributed by atoms with Gasteiger partial charge in [-0.3, -0.25) is 4.57 Å². The standard InChI is InChI=1S/C11H11ClN2O/c1-13(2)11(15)14-6-5-8-3-4-9(12)7-10(8)14/h3-7H,1-2H3. The van der Waals surface area contributed by atoms with Gasteiger partial charge in [0.2, 0.25) is 0 Å². The number of benzene rings is 1. The molecule has 0 spiro atoms. The fourth-order valence-corrected chi connectivity index (χ4v) is 1.65. The smallest absolute Gasteiger partial charge is 0.328 e. The van der Waals surface area contributed by atoms with Crippen LogP contribution in [0, 0.1) is 0 Å². The van der Waals surface area contributed by atoms with E-state index in [2.05, 4.69) is 0 Å². The van der Waals surface area contributed by atoms with E-state index in [0.717, 1.165) is 10.9 Å². The van der Waals surface area contributed by atoms with Crippen molar-refractivity contribution in [1.82, 2.24) is 9.47 Å². The molecule has 15 heavy (non-hydrogen) atoms. The highest BCUT2D eigenvalue weighted by Crippen LogP contribution is 2.20. The summed E-state index contributed by atoms with van der Waals surface area (Å²) in [7, 11) is 3.44. The average Bonchev–Trinajstić information content (AvgIpc) is 2.59. The summed E-state index contributed by atoms with van der Waals surface area (Å²) in [6.07, 6.45) is 1.75. The number of hydrogen-bond acceptors (Lipinski definition) is 1. The van der Waals surface area contributed by atoms with E-state index >= 15 is 0 Å². The lowest BCUT2D eigenvalue weighted by atomic mass is 10.2. The summed E-state index contributed by atoms with van der Waals surface area (Å²) in [5.74, 6) is 0. The number of nitrogens with zero attached hydrogens (tertiary/aromatic N) is 2. The van der Waals surface area contributed by atoms with Crippen molar-refractivity contribution in [3.8, 4) is 0 Å². The first kappa shape index (κ1) is 10.1. The SMILES string of the molecule is CN(C)C(=O)n1ccc2ccc(Cl)cc21. The summed E-state index contributed by atoms with van der Waals surface area (Å²) in [5, 5.41) is 1.64. The van der Waals surface area contributed by atoms with E-state index in [1.807, 2.05) is 18.2 Å². The molecule has 0 N–H and O–H groups in total. The van der Waals surface area contributed by atoms with Crippen molar-refractivity contribution >= 4 is 28.5 Å². The zero-order valence-electron chi connectivity index (χ0n) is 8.57. The van der Waals surface area contributed by atoms with Gasteiger partial charge in [-0.2, -0.15) is 0 Å². The number of aromatic nitrogens is 1. The molecule has 1 aromatic heterocycles. The van der Waals surface area contributed by atoms with Gasteiger partial charge >= 0.3 is 6.03 Å². The van der Waals surface area contributed by atoms with Gasteiger partial charge in [-0.05, 0) is 18.2 Å². The second kappa shape index (κ2) is 3.59. The highest BCUT2D eigenvalue weighted by Gasteiger charge is 2.10. The minimum atomic E-state index is -0.0766. The van der Waals surface area contributed by atoms with Crippen molar-refractivity contribution in [2.75, 3.05) is 14.1 Å². The van der Waals surface area contributed by atoms with Crippen LogP contribution in [0.2, 0.25) is 5.02 Å². The van der Waals surface area contributed by atoms with Crippen LogP contribution in [-0.4, -0.2) is 29.6 Å². The largest absolute Gasteiger partial charge is 0.330 e. The van der Waals surface area contributed by atoms with Gasteiger partial charge in [-0.25, -0.2) is 4.79 Å². The molecule has 4 heteroatoms. The Labute approximate surface area is 92.9 Å². The molecule has 0 aliphatic rings. The molecule has 0 aliphatic carbocycles. The summed E-state index contributed by atoms with van der Waals surface area (Å²) in [6, 6.07) is 7.32. The van der Waals surface area contributed by atoms with Gasteiger partial charge < -0.3 is 4.90 Å². The molecule has 2 aromatic rings. The van der Waals surface area contributed by atoms with Crippen molar-refractivity contribution in [2.24, 2.45) is 0 Å². The Hall–Kier alpha value is -1.48. The van der Waals surface area contributed by atoms with Crippen LogP contribution >= 0.6 is 11.6 Å². The van der Waals surface area contributed by atoms with E-state index in [1.54, 1.807) is 30.9 Å². The van der Waals surface area contributed by atoms with Crippen LogP contribution in [0.15, 0.2) is 30.5 Å². The first-order valence-electron chi connectivity index (χ1n) is 4.58. The van der Waals surface area contributed by atoms with E-state index in [4.69, 9.17) is 11.6 Å². The predicted octanol–water partition coefficient (Wildman–Crippen LogP) is 2.82. The van der Waals surface area contributed by atoms with Crippen LogP contribution in [0.1, 0.15) is 0 Å². The normalized spacial score (nSPS) is 10.6. The Balaban J connectivity index is 2.62. The molecule has 0 saturated heterocycles. The van der Waals surface area contributed by atoms with Crippen LogP contribution in [0.5, 0.6) is 0 Å². The third kappa shape index (κ3) is 1.70. The third-order valence-electron chi connectivity index (χ3n) is 2.24. The minimum Gasteiger partial charge on any atom is -0.330 e. The molecule has 0 atom stereocenters. The highest BCUT2D eigenvalue weighted by molar-refractivity contribution is 6.31. The quantitative estimate of drug-likeness (QED) is 0.673. The zero-order valence-corrected chi connectivity index (χ0v) is 9.32. The van der Waals surface area contributed by atoms with Gasteiger partial charge in [0.25, 0.3) is 0 Å². The second-order valence-electron chi connectivity index (χ2n) is 3.57. The van der Waals surface area contributed by atoms with Crippen LogP contribution in [0.25, 0.3) is 10.9 Å². The first-order valence-corrected chi connectivity index (χ1v) is 4.95. The van der Waals surface area contributed by atoms with Crippen molar-refractivity contribution < 1.29 is 4.79 Å². The molecule has 0 fully saturated rings. The molecule has 0 bridgehead atoms. The van der Waals surface area contributed by atoms with Crippen LogP contribution in [-0.2, 0) is 0 Å². The van der Waals surface area contributed by atoms with Crippen molar-refractivity contribution in [3.63, 3.8) is 0 Å². The Morgan fingerprint density at radius 2 is 2.07 bits per heavy atom. The van der Waals surface area contributed by atoms with E-state index < -0.39 is 0 Å². The van der Waals surface area contributed by atoms with Crippen molar-refractivity contribution in [2.45, 2.75) is 0 Å². The maximum atomic E-state index is 11.8. The number of halogens is 1. The molecule has 1 heterocycles. The van der Waals surface area contributed by atoms with Crippen LogP contribution in [0.4, 0.5) is 4.79 Å². The highest BCUT2D eigenvalue weighted by atomic mass is 35.5. The number of carbonyl (C=O) groups is 1. The number of hydrogen-bond donors (Lipinski definition) is 0. The number of carbonyl (C=O) groups excluding carboxylic acids is 1. The van der Waals surface area contributed by atoms with Gasteiger partial charge in [-0.1, -0.05) is 17.7 Å². The van der Waals surface area contributed by atoms with Crippen molar-refractivity contribution in [1.29, 1.82) is 0 Å². The Kier molecular flexibility index (Phi) is 2.40. The fraction of sp³-hybridized carbons (Fsp3) is 0.182. The summed E-state index contributed by atoms with van der Waals surface area (Å²) in [4.78, 5) is 13.3. The molecular formula is C11H11ClN2O. The molecule has 2 rings (SSSR count). The van der Waals surface area contributed by atoms with E-state index in [0.29, 0.717) is 5.02 Å².